The van der Waals surface area contributed by atoms with E-state index in [4.69, 9.17) is 14.5 Å². The second-order valence-corrected chi connectivity index (χ2v) is 7.90. The van der Waals surface area contributed by atoms with Crippen molar-refractivity contribution in [2.45, 2.75) is 31.1 Å². The Bertz CT molecular complexity index is 1090. The van der Waals surface area contributed by atoms with Crippen molar-refractivity contribution >= 4 is 11.4 Å². The maximum atomic E-state index is 13.3. The summed E-state index contributed by atoms with van der Waals surface area (Å²) in [7, 11) is 0. The van der Waals surface area contributed by atoms with Crippen LogP contribution in [0.3, 0.4) is 0 Å². The van der Waals surface area contributed by atoms with Crippen LogP contribution in [0.1, 0.15) is 53.0 Å². The fourth-order valence-corrected chi connectivity index (χ4v) is 4.38. The van der Waals surface area contributed by atoms with Crippen LogP contribution in [0.4, 0.5) is 0 Å². The van der Waals surface area contributed by atoms with Gasteiger partial charge < -0.3 is 18.8 Å². The van der Waals surface area contributed by atoms with Crippen LogP contribution in [0.15, 0.2) is 42.6 Å². The first-order chi connectivity index (χ1) is 13.8. The molecular formula is C22H21N3O3. The Hall–Kier alpha value is -3.02. The van der Waals surface area contributed by atoms with Crippen LogP contribution in [0.25, 0.3) is 5.52 Å². The minimum Gasteiger partial charge on any atom is -0.454 e. The smallest absolute Gasteiger partial charge is 0.274 e. The molecule has 1 saturated heterocycles. The molecule has 28 heavy (non-hydrogen) atoms. The van der Waals surface area contributed by atoms with Crippen molar-refractivity contribution in [2.75, 3.05) is 19.9 Å². The molecule has 6 rings (SSSR count). The summed E-state index contributed by atoms with van der Waals surface area (Å²) in [5.74, 6) is 3.49. The summed E-state index contributed by atoms with van der Waals surface area (Å²) < 4.78 is 13.0. The molecule has 0 radical (unpaired) electrons. The number of carbonyl (C=O) groups excluding carboxylic acids is 1. The number of fused-ring (bicyclic) bond motifs is 2. The Morgan fingerprint density at radius 3 is 2.82 bits per heavy atom. The molecule has 1 amide bonds. The van der Waals surface area contributed by atoms with Crippen molar-refractivity contribution in [3.05, 3.63) is 59.7 Å². The maximum absolute atomic E-state index is 13.3. The zero-order valence-electron chi connectivity index (χ0n) is 15.5. The highest BCUT2D eigenvalue weighted by Crippen LogP contribution is 2.41. The van der Waals surface area contributed by atoms with E-state index in [9.17, 15) is 4.79 Å². The van der Waals surface area contributed by atoms with Gasteiger partial charge in [-0.2, -0.15) is 0 Å². The van der Waals surface area contributed by atoms with Crippen LogP contribution >= 0.6 is 0 Å². The molecule has 6 nitrogen and oxygen atoms in total. The number of amides is 1. The molecule has 3 aliphatic rings. The van der Waals surface area contributed by atoms with Gasteiger partial charge in [0.05, 0.1) is 5.52 Å². The number of carbonyl (C=O) groups is 1. The van der Waals surface area contributed by atoms with Crippen LogP contribution in [0.5, 0.6) is 11.5 Å². The largest absolute Gasteiger partial charge is 0.454 e. The molecule has 4 heterocycles. The van der Waals surface area contributed by atoms with E-state index in [1.807, 2.05) is 35.4 Å². The van der Waals surface area contributed by atoms with Gasteiger partial charge in [-0.05, 0) is 49.1 Å². The van der Waals surface area contributed by atoms with Crippen molar-refractivity contribution in [3.8, 4) is 11.5 Å². The summed E-state index contributed by atoms with van der Waals surface area (Å²) in [5.41, 5.74) is 2.71. The lowest BCUT2D eigenvalue weighted by atomic mass is 9.98. The van der Waals surface area contributed by atoms with Crippen LogP contribution in [-0.2, 0) is 0 Å². The quantitative estimate of drug-likeness (QED) is 0.702. The number of imidazole rings is 1. The molecule has 1 atom stereocenters. The van der Waals surface area contributed by atoms with Crippen molar-refractivity contribution in [1.29, 1.82) is 0 Å². The highest BCUT2D eigenvalue weighted by Gasteiger charge is 2.34. The second kappa shape index (κ2) is 5.99. The number of hydrogen-bond acceptors (Lipinski definition) is 4. The molecule has 2 aromatic heterocycles. The van der Waals surface area contributed by atoms with Crippen molar-refractivity contribution in [2.24, 2.45) is 0 Å². The first-order valence-electron chi connectivity index (χ1n) is 9.94. The van der Waals surface area contributed by atoms with Gasteiger partial charge in [-0.25, -0.2) is 4.98 Å². The SMILES string of the molecule is O=C(c1nc(C2CC2)n2ccccc12)N1CCC(c2ccc3c(c2)OCO3)C1. The lowest BCUT2D eigenvalue weighted by Crippen LogP contribution is -2.29. The molecule has 1 aliphatic carbocycles. The second-order valence-electron chi connectivity index (χ2n) is 7.90. The monoisotopic (exact) mass is 375 g/mol. The van der Waals surface area contributed by atoms with Gasteiger partial charge in [-0.3, -0.25) is 4.79 Å². The third-order valence-electron chi connectivity index (χ3n) is 6.06. The fourth-order valence-electron chi connectivity index (χ4n) is 4.38. The molecule has 0 bridgehead atoms. The minimum absolute atomic E-state index is 0.0406. The maximum Gasteiger partial charge on any atom is 0.274 e. The standard InChI is InChI=1S/C22H21N3O3/c26-22(20-17-3-1-2-9-25(17)21(23-20)14-4-5-14)24-10-8-16(12-24)15-6-7-18-19(11-15)28-13-27-18/h1-3,6-7,9,11,14,16H,4-5,8,10,12-13H2. The number of likely N-dealkylation sites (tertiary alicyclic amines) is 1. The summed E-state index contributed by atoms with van der Waals surface area (Å²) in [6.07, 6.45) is 5.30. The number of rotatable bonds is 3. The number of hydrogen-bond donors (Lipinski definition) is 0. The molecule has 142 valence electrons. The number of aromatic nitrogens is 2. The number of benzene rings is 1. The van der Waals surface area contributed by atoms with Crippen LogP contribution in [0, 0.1) is 0 Å². The van der Waals surface area contributed by atoms with Crippen molar-refractivity contribution in [3.63, 3.8) is 0 Å². The van der Waals surface area contributed by atoms with Crippen molar-refractivity contribution < 1.29 is 14.3 Å². The Labute approximate surface area is 162 Å². The van der Waals surface area contributed by atoms with E-state index in [1.54, 1.807) is 0 Å². The average molecular weight is 375 g/mol. The first kappa shape index (κ1) is 16.0. The molecule has 1 unspecified atom stereocenters. The normalized spacial score (nSPS) is 20.9. The van der Waals surface area contributed by atoms with E-state index in [0.717, 1.165) is 48.6 Å². The molecule has 1 saturated carbocycles. The third-order valence-corrected chi connectivity index (χ3v) is 6.06. The molecule has 2 aliphatic heterocycles. The molecule has 0 N–H and O–H groups in total. The fraction of sp³-hybridized carbons (Fsp3) is 0.364. The zero-order valence-corrected chi connectivity index (χ0v) is 15.5. The third kappa shape index (κ3) is 2.47. The summed E-state index contributed by atoms with van der Waals surface area (Å²) in [5, 5.41) is 0. The predicted octanol–water partition coefficient (Wildman–Crippen LogP) is 3.57. The Kier molecular flexibility index (Phi) is 3.42. The molecule has 6 heteroatoms. The van der Waals surface area contributed by atoms with Crippen LogP contribution in [-0.4, -0.2) is 40.1 Å². The molecule has 1 aromatic carbocycles. The van der Waals surface area contributed by atoms with E-state index in [0.29, 0.717) is 24.1 Å². The lowest BCUT2D eigenvalue weighted by molar-refractivity contribution is 0.0787. The van der Waals surface area contributed by atoms with Gasteiger partial charge in [0, 0.05) is 31.1 Å². The summed E-state index contributed by atoms with van der Waals surface area (Å²) in [6.45, 7) is 1.75. The van der Waals surface area contributed by atoms with Gasteiger partial charge in [-0.1, -0.05) is 12.1 Å². The summed E-state index contributed by atoms with van der Waals surface area (Å²) in [6, 6.07) is 12.1. The average Bonchev–Trinajstić information content (AvgIpc) is 3.15. The number of ether oxygens (including phenoxy) is 2. The first-order valence-corrected chi connectivity index (χ1v) is 9.94. The molecule has 3 aromatic rings. The minimum atomic E-state index is 0.0406. The van der Waals surface area contributed by atoms with E-state index in [2.05, 4.69) is 16.5 Å². The topological polar surface area (TPSA) is 56.1 Å². The van der Waals surface area contributed by atoms with Gasteiger partial charge in [0.25, 0.3) is 5.91 Å². The van der Waals surface area contributed by atoms with E-state index in [1.165, 1.54) is 5.56 Å². The van der Waals surface area contributed by atoms with Gasteiger partial charge in [0.1, 0.15) is 5.82 Å². The van der Waals surface area contributed by atoms with E-state index < -0.39 is 0 Å². The van der Waals surface area contributed by atoms with Crippen LogP contribution in [0.2, 0.25) is 0 Å². The summed E-state index contributed by atoms with van der Waals surface area (Å²) >= 11 is 0. The number of nitrogens with zero attached hydrogens (tertiary/aromatic N) is 3. The zero-order chi connectivity index (χ0) is 18.7. The Balaban J connectivity index is 1.27. The van der Waals surface area contributed by atoms with Crippen LogP contribution < -0.4 is 9.47 Å². The van der Waals surface area contributed by atoms with Gasteiger partial charge >= 0.3 is 0 Å². The lowest BCUT2D eigenvalue weighted by Gasteiger charge is -2.16. The predicted molar refractivity (Wildman–Crippen MR) is 103 cm³/mol. The number of pyridine rings is 1. The molecule has 2 fully saturated rings. The Morgan fingerprint density at radius 2 is 1.93 bits per heavy atom. The van der Waals surface area contributed by atoms with E-state index in [-0.39, 0.29) is 12.7 Å². The van der Waals surface area contributed by atoms with Gasteiger partial charge in [0.15, 0.2) is 17.2 Å². The molecule has 0 spiro atoms. The van der Waals surface area contributed by atoms with E-state index >= 15 is 0 Å². The Morgan fingerprint density at radius 1 is 1.04 bits per heavy atom. The van der Waals surface area contributed by atoms with Gasteiger partial charge in [0.2, 0.25) is 6.79 Å². The summed E-state index contributed by atoms with van der Waals surface area (Å²) in [4.78, 5) is 20.0. The highest BCUT2D eigenvalue weighted by molar-refractivity contribution is 5.99. The highest BCUT2D eigenvalue weighted by atomic mass is 16.7. The molecular weight excluding hydrogens is 354 g/mol. The van der Waals surface area contributed by atoms with Crippen molar-refractivity contribution in [1.82, 2.24) is 14.3 Å². The van der Waals surface area contributed by atoms with Gasteiger partial charge in [-0.15, -0.1) is 0 Å².